The maximum atomic E-state index is 13.1. The zero-order chi connectivity index (χ0) is 15.5. The quantitative estimate of drug-likeness (QED) is 0.874. The molecule has 3 nitrogen and oxygen atoms in total. The Morgan fingerprint density at radius 3 is 2.45 bits per heavy atom. The van der Waals surface area contributed by atoms with E-state index < -0.39 is 29.2 Å². The molecule has 1 rings (SSSR count). The molecule has 20 heavy (non-hydrogen) atoms. The van der Waals surface area contributed by atoms with Crippen molar-refractivity contribution in [1.29, 1.82) is 0 Å². The van der Waals surface area contributed by atoms with Gasteiger partial charge in [-0.1, -0.05) is 26.8 Å². The number of hydrogen-bond acceptors (Lipinski definition) is 2. The maximum absolute atomic E-state index is 13.1. The third-order valence-corrected chi connectivity index (χ3v) is 3.62. The van der Waals surface area contributed by atoms with E-state index in [4.69, 9.17) is 0 Å². The monoisotopic (exact) mass is 285 g/mol. The molecule has 0 bridgehead atoms. The zero-order valence-electron chi connectivity index (χ0n) is 12.2. The summed E-state index contributed by atoms with van der Waals surface area (Å²) in [5, 5.41) is 12.8. The molecular formula is C15H21F2NO2. The van der Waals surface area contributed by atoms with E-state index in [9.17, 15) is 18.7 Å². The van der Waals surface area contributed by atoms with Crippen LogP contribution >= 0.6 is 0 Å². The third-order valence-electron chi connectivity index (χ3n) is 3.62. The second-order valence-electron chi connectivity index (χ2n) is 5.62. The van der Waals surface area contributed by atoms with Crippen LogP contribution in [0.3, 0.4) is 0 Å². The number of halogens is 2. The second kappa shape index (κ2) is 6.31. The molecule has 0 aromatic heterocycles. The highest BCUT2D eigenvalue weighted by Crippen LogP contribution is 2.23. The molecule has 0 heterocycles. The number of carbonyl (C=O) groups is 1. The largest absolute Gasteiger partial charge is 0.386 e. The van der Waals surface area contributed by atoms with Gasteiger partial charge in [-0.25, -0.2) is 8.78 Å². The fourth-order valence-corrected chi connectivity index (χ4v) is 1.63. The lowest BCUT2D eigenvalue weighted by Crippen LogP contribution is -2.44. The number of benzene rings is 1. The first kappa shape index (κ1) is 16.6. The number of amides is 1. The van der Waals surface area contributed by atoms with E-state index in [1.165, 1.54) is 6.07 Å². The Balaban J connectivity index is 2.79. The van der Waals surface area contributed by atoms with Crippen molar-refractivity contribution in [3.8, 4) is 0 Å². The van der Waals surface area contributed by atoms with E-state index in [0.29, 0.717) is 6.42 Å². The Kier molecular flexibility index (Phi) is 5.22. The molecule has 1 amide bonds. The normalized spacial score (nSPS) is 14.8. The summed E-state index contributed by atoms with van der Waals surface area (Å²) in [6.07, 6.45) is -0.436. The molecule has 0 unspecified atom stereocenters. The molecule has 0 spiro atoms. The van der Waals surface area contributed by atoms with Crippen LogP contribution in [0.1, 0.15) is 45.8 Å². The predicted octanol–water partition coefficient (Wildman–Crippen LogP) is 2.94. The van der Waals surface area contributed by atoms with Gasteiger partial charge in [0.2, 0.25) is 5.91 Å². The van der Waals surface area contributed by atoms with E-state index >= 15 is 0 Å². The molecule has 0 aliphatic rings. The average molecular weight is 285 g/mol. The van der Waals surface area contributed by atoms with Crippen molar-refractivity contribution in [2.45, 2.75) is 46.3 Å². The van der Waals surface area contributed by atoms with Crippen LogP contribution < -0.4 is 5.32 Å². The van der Waals surface area contributed by atoms with Gasteiger partial charge in [0.15, 0.2) is 11.6 Å². The average Bonchev–Trinajstić information content (AvgIpc) is 2.40. The van der Waals surface area contributed by atoms with Gasteiger partial charge in [-0.3, -0.25) is 4.79 Å². The molecule has 2 N–H and O–H groups in total. The Labute approximate surface area is 118 Å². The Bertz CT molecular complexity index is 489. The van der Waals surface area contributed by atoms with Gasteiger partial charge in [-0.05, 0) is 31.0 Å². The van der Waals surface area contributed by atoms with Gasteiger partial charge in [0.05, 0.1) is 12.1 Å². The highest BCUT2D eigenvalue weighted by atomic mass is 19.2. The Morgan fingerprint density at radius 2 is 1.95 bits per heavy atom. The molecule has 2 atom stereocenters. The van der Waals surface area contributed by atoms with Gasteiger partial charge in [0, 0.05) is 5.41 Å². The van der Waals surface area contributed by atoms with Crippen LogP contribution in [0.25, 0.3) is 0 Å². The minimum atomic E-state index is -1.10. The zero-order valence-corrected chi connectivity index (χ0v) is 12.2. The van der Waals surface area contributed by atoms with Crippen LogP contribution in [-0.4, -0.2) is 17.1 Å². The molecule has 0 saturated heterocycles. The fourth-order valence-electron chi connectivity index (χ4n) is 1.63. The van der Waals surface area contributed by atoms with Crippen molar-refractivity contribution in [2.24, 2.45) is 5.41 Å². The molecule has 0 aliphatic heterocycles. The van der Waals surface area contributed by atoms with Gasteiger partial charge >= 0.3 is 0 Å². The number of aliphatic hydroxyl groups is 1. The second-order valence-corrected chi connectivity index (χ2v) is 5.62. The molecule has 0 fully saturated rings. The maximum Gasteiger partial charge on any atom is 0.225 e. The minimum absolute atomic E-state index is 0.186. The smallest absolute Gasteiger partial charge is 0.225 e. The topological polar surface area (TPSA) is 49.3 Å². The van der Waals surface area contributed by atoms with E-state index in [-0.39, 0.29) is 11.5 Å². The van der Waals surface area contributed by atoms with Crippen LogP contribution in [0.15, 0.2) is 18.2 Å². The standard InChI is InChI=1S/C15H21F2NO2/c1-5-15(3,4)14(20)18-9(2)13(19)10-6-7-11(16)12(17)8-10/h6-9,13,19H,5H2,1-4H3,(H,18,20)/t9-,13+/m0/s1. The summed E-state index contributed by atoms with van der Waals surface area (Å²) in [7, 11) is 0. The predicted molar refractivity (Wildman–Crippen MR) is 73.0 cm³/mol. The summed E-state index contributed by atoms with van der Waals surface area (Å²) in [6, 6.07) is 2.60. The lowest BCUT2D eigenvalue weighted by atomic mass is 9.88. The van der Waals surface area contributed by atoms with Crippen molar-refractivity contribution < 1.29 is 18.7 Å². The highest BCUT2D eigenvalue weighted by Gasteiger charge is 2.28. The van der Waals surface area contributed by atoms with Gasteiger partial charge in [0.25, 0.3) is 0 Å². The fraction of sp³-hybridized carbons (Fsp3) is 0.533. The minimum Gasteiger partial charge on any atom is -0.386 e. The van der Waals surface area contributed by atoms with Gasteiger partial charge in [0.1, 0.15) is 0 Å². The summed E-state index contributed by atoms with van der Waals surface area (Å²) in [4.78, 5) is 12.0. The Morgan fingerprint density at radius 1 is 1.35 bits per heavy atom. The first-order chi connectivity index (χ1) is 9.19. The highest BCUT2D eigenvalue weighted by molar-refractivity contribution is 5.82. The van der Waals surface area contributed by atoms with Gasteiger partial charge < -0.3 is 10.4 Å². The molecule has 1 aromatic carbocycles. The number of nitrogens with one attached hydrogen (secondary N) is 1. The lowest BCUT2D eigenvalue weighted by molar-refractivity contribution is -0.131. The van der Waals surface area contributed by atoms with Gasteiger partial charge in [-0.2, -0.15) is 0 Å². The summed E-state index contributed by atoms with van der Waals surface area (Å²) in [5.41, 5.74) is -0.312. The van der Waals surface area contributed by atoms with E-state index in [2.05, 4.69) is 5.32 Å². The van der Waals surface area contributed by atoms with Crippen LogP contribution in [0.2, 0.25) is 0 Å². The number of hydrogen-bond donors (Lipinski definition) is 2. The molecular weight excluding hydrogens is 264 g/mol. The number of aliphatic hydroxyl groups excluding tert-OH is 1. The van der Waals surface area contributed by atoms with Crippen LogP contribution in [-0.2, 0) is 4.79 Å². The van der Waals surface area contributed by atoms with Crippen LogP contribution in [0.4, 0.5) is 8.78 Å². The van der Waals surface area contributed by atoms with E-state index in [0.717, 1.165) is 12.1 Å². The van der Waals surface area contributed by atoms with Crippen molar-refractivity contribution in [3.63, 3.8) is 0 Å². The molecule has 0 radical (unpaired) electrons. The molecule has 1 aromatic rings. The molecule has 0 aliphatic carbocycles. The third kappa shape index (κ3) is 3.76. The SMILES string of the molecule is CCC(C)(C)C(=O)N[C@@H](C)[C@@H](O)c1ccc(F)c(F)c1. The summed E-state index contributed by atoms with van der Waals surface area (Å²) in [6.45, 7) is 7.13. The van der Waals surface area contributed by atoms with Crippen LogP contribution in [0, 0.1) is 17.0 Å². The first-order valence-corrected chi connectivity index (χ1v) is 6.63. The van der Waals surface area contributed by atoms with E-state index in [1.807, 2.05) is 6.92 Å². The number of rotatable bonds is 5. The molecule has 0 saturated carbocycles. The van der Waals surface area contributed by atoms with Crippen molar-refractivity contribution in [1.82, 2.24) is 5.32 Å². The van der Waals surface area contributed by atoms with Crippen molar-refractivity contribution in [3.05, 3.63) is 35.4 Å². The van der Waals surface area contributed by atoms with E-state index in [1.54, 1.807) is 20.8 Å². The van der Waals surface area contributed by atoms with Crippen molar-refractivity contribution in [2.75, 3.05) is 0 Å². The summed E-state index contributed by atoms with van der Waals surface area (Å²) < 4.78 is 26.0. The van der Waals surface area contributed by atoms with Gasteiger partial charge in [-0.15, -0.1) is 0 Å². The summed E-state index contributed by atoms with van der Waals surface area (Å²) in [5.74, 6) is -2.17. The molecule has 5 heteroatoms. The number of carbonyl (C=O) groups excluding carboxylic acids is 1. The first-order valence-electron chi connectivity index (χ1n) is 6.63. The van der Waals surface area contributed by atoms with Crippen molar-refractivity contribution >= 4 is 5.91 Å². The van der Waals surface area contributed by atoms with Crippen LogP contribution in [0.5, 0.6) is 0 Å². The molecule has 112 valence electrons. The lowest BCUT2D eigenvalue weighted by Gasteiger charge is -2.27. The summed E-state index contributed by atoms with van der Waals surface area (Å²) >= 11 is 0. The Hall–Kier alpha value is -1.49.